The molecule has 6 heteroatoms. The number of amides is 1. The molecule has 0 fully saturated rings. The van der Waals surface area contributed by atoms with Gasteiger partial charge in [-0.3, -0.25) is 4.79 Å². The summed E-state index contributed by atoms with van der Waals surface area (Å²) in [6.07, 6.45) is 2.37. The molecule has 0 bridgehead atoms. The lowest BCUT2D eigenvalue weighted by Crippen LogP contribution is -2.12. The van der Waals surface area contributed by atoms with Crippen LogP contribution in [0.3, 0.4) is 0 Å². The Bertz CT molecular complexity index is 567. The summed E-state index contributed by atoms with van der Waals surface area (Å²) in [6, 6.07) is 7.90. The molecular formula is C13H16N4OS. The van der Waals surface area contributed by atoms with E-state index in [0.717, 1.165) is 16.2 Å². The number of primary amides is 1. The van der Waals surface area contributed by atoms with Gasteiger partial charge in [-0.25, -0.2) is 0 Å². The van der Waals surface area contributed by atoms with Crippen LogP contribution in [0.4, 0.5) is 0 Å². The standard InChI is InChI=1S/C13H16N4OS/c1-2-3-7-19-10-6-4-5-9(8-10)11-12(13(14)18)16-17-15-11/h4-6,8H,2-3,7H2,1H3,(H2,14,18)(H,15,16,17). The van der Waals surface area contributed by atoms with E-state index < -0.39 is 5.91 Å². The first-order valence-corrected chi connectivity index (χ1v) is 7.14. The summed E-state index contributed by atoms with van der Waals surface area (Å²) in [5.41, 5.74) is 6.80. The van der Waals surface area contributed by atoms with E-state index in [2.05, 4.69) is 22.3 Å². The minimum Gasteiger partial charge on any atom is -0.364 e. The van der Waals surface area contributed by atoms with Gasteiger partial charge < -0.3 is 5.73 Å². The second-order valence-electron chi connectivity index (χ2n) is 4.11. The number of thioether (sulfide) groups is 1. The molecule has 100 valence electrons. The SMILES string of the molecule is CCCCSc1cccc(-c2n[nH]nc2C(N)=O)c1. The molecule has 2 aromatic rings. The van der Waals surface area contributed by atoms with Crippen molar-refractivity contribution in [3.63, 3.8) is 0 Å². The fourth-order valence-corrected chi connectivity index (χ4v) is 2.73. The van der Waals surface area contributed by atoms with Gasteiger partial charge in [0.2, 0.25) is 0 Å². The molecule has 2 rings (SSSR count). The van der Waals surface area contributed by atoms with Crippen LogP contribution in [0.2, 0.25) is 0 Å². The van der Waals surface area contributed by atoms with Crippen LogP contribution in [0.1, 0.15) is 30.3 Å². The lowest BCUT2D eigenvalue weighted by atomic mass is 10.1. The number of aromatic amines is 1. The van der Waals surface area contributed by atoms with Crippen LogP contribution >= 0.6 is 11.8 Å². The van der Waals surface area contributed by atoms with Crippen molar-refractivity contribution >= 4 is 17.7 Å². The lowest BCUT2D eigenvalue weighted by molar-refractivity contribution is 0.0996. The minimum absolute atomic E-state index is 0.177. The summed E-state index contributed by atoms with van der Waals surface area (Å²) < 4.78 is 0. The Labute approximate surface area is 116 Å². The van der Waals surface area contributed by atoms with Gasteiger partial charge >= 0.3 is 0 Å². The largest absolute Gasteiger partial charge is 0.364 e. The molecule has 19 heavy (non-hydrogen) atoms. The third kappa shape index (κ3) is 3.35. The summed E-state index contributed by atoms with van der Waals surface area (Å²) >= 11 is 1.80. The number of nitrogens with two attached hydrogens (primary N) is 1. The van der Waals surface area contributed by atoms with E-state index >= 15 is 0 Å². The zero-order valence-corrected chi connectivity index (χ0v) is 11.5. The molecule has 1 amide bonds. The Hall–Kier alpha value is -1.82. The van der Waals surface area contributed by atoms with Crippen molar-refractivity contribution in [2.24, 2.45) is 5.73 Å². The predicted molar refractivity (Wildman–Crippen MR) is 76.0 cm³/mol. The third-order valence-electron chi connectivity index (χ3n) is 2.66. The molecule has 0 spiro atoms. The number of hydrogen-bond donors (Lipinski definition) is 2. The van der Waals surface area contributed by atoms with E-state index in [0.29, 0.717) is 5.69 Å². The first-order valence-electron chi connectivity index (χ1n) is 6.16. The van der Waals surface area contributed by atoms with E-state index in [9.17, 15) is 4.79 Å². The van der Waals surface area contributed by atoms with Gasteiger partial charge in [-0.1, -0.05) is 25.5 Å². The van der Waals surface area contributed by atoms with Gasteiger partial charge in [0.25, 0.3) is 5.91 Å². The maximum Gasteiger partial charge on any atom is 0.271 e. The Balaban J connectivity index is 2.22. The second-order valence-corrected chi connectivity index (χ2v) is 5.28. The van der Waals surface area contributed by atoms with Gasteiger partial charge in [0.15, 0.2) is 5.69 Å². The summed E-state index contributed by atoms with van der Waals surface area (Å²) in [6.45, 7) is 2.17. The molecule has 3 N–H and O–H groups in total. The van der Waals surface area contributed by atoms with E-state index in [4.69, 9.17) is 5.73 Å². The highest BCUT2D eigenvalue weighted by molar-refractivity contribution is 7.99. The van der Waals surface area contributed by atoms with Crippen LogP contribution in [-0.4, -0.2) is 27.1 Å². The van der Waals surface area contributed by atoms with Crippen molar-refractivity contribution < 1.29 is 4.79 Å². The fraction of sp³-hybridized carbons (Fsp3) is 0.308. The average molecular weight is 276 g/mol. The van der Waals surface area contributed by atoms with Crippen LogP contribution in [-0.2, 0) is 0 Å². The van der Waals surface area contributed by atoms with Crippen molar-refractivity contribution in [2.45, 2.75) is 24.7 Å². The van der Waals surface area contributed by atoms with Crippen molar-refractivity contribution in [3.8, 4) is 11.3 Å². The van der Waals surface area contributed by atoms with Crippen LogP contribution < -0.4 is 5.73 Å². The Kier molecular flexibility index (Phi) is 4.57. The number of benzene rings is 1. The molecule has 5 nitrogen and oxygen atoms in total. The van der Waals surface area contributed by atoms with Gasteiger partial charge in [-0.15, -0.1) is 11.8 Å². The molecule has 0 aliphatic rings. The summed E-state index contributed by atoms with van der Waals surface area (Å²) in [5, 5.41) is 10.2. The van der Waals surface area contributed by atoms with Gasteiger partial charge in [0, 0.05) is 10.5 Å². The number of aromatic nitrogens is 3. The monoisotopic (exact) mass is 276 g/mol. The van der Waals surface area contributed by atoms with E-state index in [1.807, 2.05) is 24.3 Å². The summed E-state index contributed by atoms with van der Waals surface area (Å²) in [7, 11) is 0. The molecule has 0 radical (unpaired) electrons. The van der Waals surface area contributed by atoms with Crippen molar-refractivity contribution in [1.29, 1.82) is 0 Å². The molecule has 0 unspecified atom stereocenters. The van der Waals surface area contributed by atoms with Gasteiger partial charge in [0.1, 0.15) is 5.69 Å². The smallest absolute Gasteiger partial charge is 0.271 e. The van der Waals surface area contributed by atoms with E-state index in [1.165, 1.54) is 12.8 Å². The lowest BCUT2D eigenvalue weighted by Gasteiger charge is -2.03. The van der Waals surface area contributed by atoms with Gasteiger partial charge in [-0.05, 0) is 24.3 Å². The van der Waals surface area contributed by atoms with Gasteiger partial charge in [-0.2, -0.15) is 15.4 Å². The summed E-state index contributed by atoms with van der Waals surface area (Å²) in [5.74, 6) is 0.509. The Morgan fingerprint density at radius 3 is 3.00 bits per heavy atom. The number of hydrogen-bond acceptors (Lipinski definition) is 4. The quantitative estimate of drug-likeness (QED) is 0.627. The zero-order chi connectivity index (χ0) is 13.7. The molecule has 0 atom stereocenters. The van der Waals surface area contributed by atoms with Crippen LogP contribution in [0.5, 0.6) is 0 Å². The maximum absolute atomic E-state index is 11.2. The van der Waals surface area contributed by atoms with Crippen molar-refractivity contribution in [2.75, 3.05) is 5.75 Å². The minimum atomic E-state index is -0.576. The van der Waals surface area contributed by atoms with Crippen LogP contribution in [0.25, 0.3) is 11.3 Å². The second kappa shape index (κ2) is 6.38. The molecule has 0 aliphatic carbocycles. The number of nitrogens with zero attached hydrogens (tertiary/aromatic N) is 2. The fourth-order valence-electron chi connectivity index (χ4n) is 1.67. The number of carbonyl (C=O) groups is 1. The normalized spacial score (nSPS) is 10.6. The highest BCUT2D eigenvalue weighted by atomic mass is 32.2. The molecule has 0 aliphatic heterocycles. The van der Waals surface area contributed by atoms with Crippen molar-refractivity contribution in [3.05, 3.63) is 30.0 Å². The molecule has 0 saturated heterocycles. The molecule has 1 aromatic heterocycles. The van der Waals surface area contributed by atoms with E-state index in [-0.39, 0.29) is 5.69 Å². The Morgan fingerprint density at radius 2 is 2.26 bits per heavy atom. The van der Waals surface area contributed by atoms with Gasteiger partial charge in [0.05, 0.1) is 0 Å². The molecule has 1 aromatic carbocycles. The van der Waals surface area contributed by atoms with Crippen molar-refractivity contribution in [1.82, 2.24) is 15.4 Å². The van der Waals surface area contributed by atoms with Crippen LogP contribution in [0, 0.1) is 0 Å². The van der Waals surface area contributed by atoms with Crippen LogP contribution in [0.15, 0.2) is 29.2 Å². The molecule has 1 heterocycles. The van der Waals surface area contributed by atoms with E-state index in [1.54, 1.807) is 11.8 Å². The topological polar surface area (TPSA) is 84.7 Å². The first kappa shape index (κ1) is 13.6. The predicted octanol–water partition coefficient (Wildman–Crippen LogP) is 2.46. The zero-order valence-electron chi connectivity index (χ0n) is 10.7. The first-order chi connectivity index (χ1) is 9.22. The highest BCUT2D eigenvalue weighted by Gasteiger charge is 2.15. The number of H-pyrrole nitrogens is 1. The number of carbonyl (C=O) groups excluding carboxylic acids is 1. The average Bonchev–Trinajstić information content (AvgIpc) is 2.89. The summed E-state index contributed by atoms with van der Waals surface area (Å²) in [4.78, 5) is 12.4. The number of rotatable bonds is 6. The third-order valence-corrected chi connectivity index (χ3v) is 3.74. The highest BCUT2D eigenvalue weighted by Crippen LogP contribution is 2.26. The number of unbranched alkanes of at least 4 members (excludes halogenated alkanes) is 1. The maximum atomic E-state index is 11.2. The molecular weight excluding hydrogens is 260 g/mol. The Morgan fingerprint density at radius 1 is 1.42 bits per heavy atom. The molecule has 0 saturated carbocycles. The number of nitrogens with one attached hydrogen (secondary N) is 1.